The average Bonchev–Trinajstić information content (AvgIpc) is 2.61. The molecule has 0 aliphatic heterocycles. The lowest BCUT2D eigenvalue weighted by atomic mass is 10.2. The number of amides is 1. The first kappa shape index (κ1) is 12.1. The maximum Gasteiger partial charge on any atom is 0.237 e. The molecule has 1 heterocycles. The lowest BCUT2D eigenvalue weighted by Crippen LogP contribution is -2.40. The molecule has 0 aliphatic rings. The smallest absolute Gasteiger partial charge is 0.237 e. The van der Waals surface area contributed by atoms with Crippen molar-refractivity contribution in [3.63, 3.8) is 0 Å². The van der Waals surface area contributed by atoms with Crippen LogP contribution in [0.25, 0.3) is 0 Å². The summed E-state index contributed by atoms with van der Waals surface area (Å²) >= 11 is 1.59. The van der Waals surface area contributed by atoms with E-state index in [9.17, 15) is 4.79 Å². The summed E-state index contributed by atoms with van der Waals surface area (Å²) in [5, 5.41) is 3.70. The Labute approximate surface area is 93.9 Å². The number of rotatable bonds is 5. The quantitative estimate of drug-likeness (QED) is 0.794. The van der Waals surface area contributed by atoms with E-state index >= 15 is 0 Å². The zero-order valence-corrected chi connectivity index (χ0v) is 9.93. The van der Waals surface area contributed by atoms with Gasteiger partial charge >= 0.3 is 0 Å². The van der Waals surface area contributed by atoms with Gasteiger partial charge in [0.2, 0.25) is 5.91 Å². The van der Waals surface area contributed by atoms with Crippen molar-refractivity contribution < 1.29 is 4.79 Å². The first-order valence-corrected chi connectivity index (χ1v) is 5.89. The molecular formula is C10H17N3OS. The van der Waals surface area contributed by atoms with Gasteiger partial charge in [-0.2, -0.15) is 0 Å². The molecule has 0 bridgehead atoms. The van der Waals surface area contributed by atoms with Crippen LogP contribution in [0.1, 0.15) is 29.7 Å². The van der Waals surface area contributed by atoms with Gasteiger partial charge in [0.15, 0.2) is 0 Å². The Kier molecular flexibility index (Phi) is 4.71. The summed E-state index contributed by atoms with van der Waals surface area (Å²) in [6.45, 7) is 4.48. The second-order valence-corrected chi connectivity index (χ2v) is 4.80. The van der Waals surface area contributed by atoms with Crippen LogP contribution in [-0.2, 0) is 11.3 Å². The van der Waals surface area contributed by atoms with E-state index in [1.54, 1.807) is 17.5 Å². The lowest BCUT2D eigenvalue weighted by molar-refractivity contribution is -0.122. The fraction of sp³-hybridized carbons (Fsp3) is 0.600. The standard InChI is InChI=1S/C10H17N3OS/c1-3-4-8(11)10(14)13-6-9-12-5-7(2)15-9/h5,8H,3-4,6,11H2,1-2H3,(H,13,14). The second kappa shape index (κ2) is 5.82. The number of hydrogen-bond acceptors (Lipinski definition) is 4. The maximum atomic E-state index is 11.5. The fourth-order valence-corrected chi connectivity index (χ4v) is 1.95. The molecule has 1 aromatic rings. The highest BCUT2D eigenvalue weighted by Gasteiger charge is 2.11. The molecule has 0 saturated heterocycles. The van der Waals surface area contributed by atoms with Gasteiger partial charge in [-0.05, 0) is 13.3 Å². The SMILES string of the molecule is CCCC(N)C(=O)NCc1ncc(C)s1. The van der Waals surface area contributed by atoms with E-state index in [0.29, 0.717) is 6.54 Å². The summed E-state index contributed by atoms with van der Waals surface area (Å²) in [6, 6.07) is -0.393. The predicted octanol–water partition coefficient (Wildman–Crippen LogP) is 1.20. The van der Waals surface area contributed by atoms with Crippen molar-refractivity contribution >= 4 is 17.2 Å². The van der Waals surface area contributed by atoms with Crippen LogP contribution in [0.3, 0.4) is 0 Å². The molecule has 1 atom stereocenters. The van der Waals surface area contributed by atoms with Gasteiger partial charge in [-0.15, -0.1) is 11.3 Å². The van der Waals surface area contributed by atoms with Gasteiger partial charge in [0.25, 0.3) is 0 Å². The number of aryl methyl sites for hydroxylation is 1. The van der Waals surface area contributed by atoms with E-state index in [-0.39, 0.29) is 5.91 Å². The molecule has 0 aliphatic carbocycles. The van der Waals surface area contributed by atoms with E-state index in [2.05, 4.69) is 10.3 Å². The largest absolute Gasteiger partial charge is 0.348 e. The van der Waals surface area contributed by atoms with Crippen molar-refractivity contribution in [2.24, 2.45) is 5.73 Å². The van der Waals surface area contributed by atoms with Gasteiger partial charge < -0.3 is 11.1 Å². The Morgan fingerprint density at radius 1 is 1.73 bits per heavy atom. The van der Waals surface area contributed by atoms with Gasteiger partial charge in [0.05, 0.1) is 12.6 Å². The minimum absolute atomic E-state index is 0.0929. The fourth-order valence-electron chi connectivity index (χ4n) is 1.22. The summed E-state index contributed by atoms with van der Waals surface area (Å²) in [6.07, 6.45) is 3.45. The van der Waals surface area contributed by atoms with Crippen LogP contribution in [0.2, 0.25) is 0 Å². The number of aromatic nitrogens is 1. The zero-order chi connectivity index (χ0) is 11.3. The molecule has 0 fully saturated rings. The van der Waals surface area contributed by atoms with Gasteiger partial charge in [0, 0.05) is 11.1 Å². The molecule has 84 valence electrons. The van der Waals surface area contributed by atoms with Crippen molar-refractivity contribution in [3.05, 3.63) is 16.1 Å². The molecule has 1 amide bonds. The molecule has 1 rings (SSSR count). The third kappa shape index (κ3) is 3.97. The van der Waals surface area contributed by atoms with Gasteiger partial charge in [0.1, 0.15) is 5.01 Å². The van der Waals surface area contributed by atoms with Crippen molar-refractivity contribution in [2.45, 2.75) is 39.3 Å². The highest BCUT2D eigenvalue weighted by Crippen LogP contribution is 2.10. The first-order valence-electron chi connectivity index (χ1n) is 5.08. The number of carbonyl (C=O) groups excluding carboxylic acids is 1. The number of carbonyl (C=O) groups is 1. The molecule has 0 spiro atoms. The Balaban J connectivity index is 2.34. The van der Waals surface area contributed by atoms with Crippen LogP contribution in [0.4, 0.5) is 0 Å². The summed E-state index contributed by atoms with van der Waals surface area (Å²) in [7, 11) is 0. The second-order valence-electron chi connectivity index (χ2n) is 3.48. The van der Waals surface area contributed by atoms with E-state index in [4.69, 9.17) is 5.73 Å². The number of nitrogens with two attached hydrogens (primary N) is 1. The van der Waals surface area contributed by atoms with Gasteiger partial charge in [-0.25, -0.2) is 4.98 Å². The molecule has 15 heavy (non-hydrogen) atoms. The number of hydrogen-bond donors (Lipinski definition) is 2. The minimum Gasteiger partial charge on any atom is -0.348 e. The molecule has 0 saturated carbocycles. The first-order chi connectivity index (χ1) is 7.13. The van der Waals surface area contributed by atoms with Crippen LogP contribution >= 0.6 is 11.3 Å². The lowest BCUT2D eigenvalue weighted by Gasteiger charge is -2.09. The van der Waals surface area contributed by atoms with Crippen LogP contribution < -0.4 is 11.1 Å². The molecule has 0 aromatic carbocycles. The molecule has 4 nitrogen and oxygen atoms in total. The highest BCUT2D eigenvalue weighted by molar-refractivity contribution is 7.11. The Bertz CT molecular complexity index is 324. The van der Waals surface area contributed by atoms with E-state index in [1.165, 1.54) is 0 Å². The Morgan fingerprint density at radius 2 is 2.47 bits per heavy atom. The summed E-state index contributed by atoms with van der Waals surface area (Å²) < 4.78 is 0. The number of nitrogens with one attached hydrogen (secondary N) is 1. The van der Waals surface area contributed by atoms with Crippen LogP contribution in [0.5, 0.6) is 0 Å². The maximum absolute atomic E-state index is 11.5. The Hall–Kier alpha value is -0.940. The van der Waals surface area contributed by atoms with E-state index in [0.717, 1.165) is 22.7 Å². The number of nitrogens with zero attached hydrogens (tertiary/aromatic N) is 1. The van der Waals surface area contributed by atoms with Crippen LogP contribution in [-0.4, -0.2) is 16.9 Å². The van der Waals surface area contributed by atoms with Crippen molar-refractivity contribution in [2.75, 3.05) is 0 Å². The minimum atomic E-state index is -0.393. The normalized spacial score (nSPS) is 12.5. The van der Waals surface area contributed by atoms with Crippen LogP contribution in [0.15, 0.2) is 6.20 Å². The molecular weight excluding hydrogens is 210 g/mol. The monoisotopic (exact) mass is 227 g/mol. The third-order valence-corrected chi connectivity index (χ3v) is 2.93. The summed E-state index contributed by atoms with van der Waals surface area (Å²) in [5.41, 5.74) is 5.67. The topological polar surface area (TPSA) is 68.0 Å². The van der Waals surface area contributed by atoms with Crippen molar-refractivity contribution in [3.8, 4) is 0 Å². The predicted molar refractivity (Wildman–Crippen MR) is 61.6 cm³/mol. The van der Waals surface area contributed by atoms with Crippen molar-refractivity contribution in [1.82, 2.24) is 10.3 Å². The van der Waals surface area contributed by atoms with Gasteiger partial charge in [-0.3, -0.25) is 4.79 Å². The van der Waals surface area contributed by atoms with E-state index in [1.807, 2.05) is 13.8 Å². The summed E-state index contributed by atoms with van der Waals surface area (Å²) in [4.78, 5) is 16.8. The molecule has 0 radical (unpaired) electrons. The zero-order valence-electron chi connectivity index (χ0n) is 9.12. The molecule has 5 heteroatoms. The third-order valence-electron chi connectivity index (χ3n) is 2.02. The van der Waals surface area contributed by atoms with Gasteiger partial charge in [-0.1, -0.05) is 13.3 Å². The van der Waals surface area contributed by atoms with E-state index < -0.39 is 6.04 Å². The highest BCUT2D eigenvalue weighted by atomic mass is 32.1. The Morgan fingerprint density at radius 3 is 3.00 bits per heavy atom. The molecule has 3 N–H and O–H groups in total. The summed E-state index contributed by atoms with van der Waals surface area (Å²) in [5.74, 6) is -0.0929. The average molecular weight is 227 g/mol. The van der Waals surface area contributed by atoms with Crippen molar-refractivity contribution in [1.29, 1.82) is 0 Å². The molecule has 1 unspecified atom stereocenters. The van der Waals surface area contributed by atoms with Crippen LogP contribution in [0, 0.1) is 6.92 Å². The molecule has 1 aromatic heterocycles. The number of thiazole rings is 1.